The summed E-state index contributed by atoms with van der Waals surface area (Å²) < 4.78 is 5.31. The Morgan fingerprint density at radius 3 is 2.86 bits per heavy atom. The number of ether oxygens (including phenoxy) is 1. The summed E-state index contributed by atoms with van der Waals surface area (Å²) >= 11 is 0. The molecule has 0 bridgehead atoms. The van der Waals surface area contributed by atoms with Gasteiger partial charge in [-0.05, 0) is 43.4 Å². The molecule has 1 aliphatic carbocycles. The van der Waals surface area contributed by atoms with Crippen LogP contribution in [0.15, 0.2) is 24.3 Å². The van der Waals surface area contributed by atoms with Crippen LogP contribution in [-0.2, 0) is 11.2 Å². The quantitative estimate of drug-likeness (QED) is 0.844. The van der Waals surface area contributed by atoms with Gasteiger partial charge < -0.3 is 15.8 Å². The second-order valence-corrected chi connectivity index (χ2v) is 5.77. The summed E-state index contributed by atoms with van der Waals surface area (Å²) in [6.45, 7) is 0.664. The molecule has 1 aliphatic rings. The van der Waals surface area contributed by atoms with E-state index in [0.29, 0.717) is 25.3 Å². The third-order valence-corrected chi connectivity index (χ3v) is 4.37. The third kappa shape index (κ3) is 4.46. The van der Waals surface area contributed by atoms with Crippen LogP contribution in [-0.4, -0.2) is 25.6 Å². The Balaban J connectivity index is 1.84. The first-order valence-electron chi connectivity index (χ1n) is 7.86. The molecule has 2 unspecified atom stereocenters. The van der Waals surface area contributed by atoms with Crippen LogP contribution in [0.1, 0.15) is 37.7 Å². The lowest BCUT2D eigenvalue weighted by Crippen LogP contribution is -2.44. The van der Waals surface area contributed by atoms with Crippen molar-refractivity contribution in [2.75, 3.05) is 13.7 Å². The Bertz CT molecular complexity index is 462. The van der Waals surface area contributed by atoms with Gasteiger partial charge in [-0.1, -0.05) is 31.0 Å². The van der Waals surface area contributed by atoms with E-state index in [1.807, 2.05) is 24.3 Å². The van der Waals surface area contributed by atoms with Gasteiger partial charge in [0, 0.05) is 12.5 Å². The van der Waals surface area contributed by atoms with Crippen LogP contribution < -0.4 is 15.8 Å². The van der Waals surface area contributed by atoms with Crippen LogP contribution in [0.4, 0.5) is 0 Å². The molecule has 1 aromatic rings. The molecule has 1 saturated carbocycles. The first-order chi connectivity index (χ1) is 10.2. The normalized spacial score (nSPS) is 21.8. The molecule has 0 aliphatic heterocycles. The molecule has 116 valence electrons. The molecule has 1 fully saturated rings. The molecule has 4 heteroatoms. The minimum atomic E-state index is 0.117. The van der Waals surface area contributed by atoms with E-state index in [1.165, 1.54) is 12.8 Å². The molecule has 1 amide bonds. The summed E-state index contributed by atoms with van der Waals surface area (Å²) in [6.07, 6.45) is 5.81. The van der Waals surface area contributed by atoms with Gasteiger partial charge in [0.2, 0.25) is 5.91 Å². The number of nitrogens with two attached hydrogens (primary N) is 1. The molecule has 21 heavy (non-hydrogen) atoms. The van der Waals surface area contributed by atoms with Crippen molar-refractivity contribution in [3.05, 3.63) is 29.8 Å². The van der Waals surface area contributed by atoms with Crippen molar-refractivity contribution < 1.29 is 9.53 Å². The van der Waals surface area contributed by atoms with Gasteiger partial charge in [-0.25, -0.2) is 0 Å². The maximum absolute atomic E-state index is 12.2. The summed E-state index contributed by atoms with van der Waals surface area (Å²) in [6, 6.07) is 8.11. The minimum absolute atomic E-state index is 0.117. The van der Waals surface area contributed by atoms with Crippen molar-refractivity contribution in [1.82, 2.24) is 5.32 Å². The maximum Gasteiger partial charge on any atom is 0.220 e. The average Bonchev–Trinajstić information content (AvgIpc) is 2.53. The van der Waals surface area contributed by atoms with Crippen LogP contribution in [0.2, 0.25) is 0 Å². The van der Waals surface area contributed by atoms with Crippen LogP contribution in [0.25, 0.3) is 0 Å². The fraction of sp³-hybridized carbons (Fsp3) is 0.588. The van der Waals surface area contributed by atoms with E-state index in [1.54, 1.807) is 7.11 Å². The van der Waals surface area contributed by atoms with Gasteiger partial charge in [0.05, 0.1) is 7.11 Å². The topological polar surface area (TPSA) is 64.3 Å². The lowest BCUT2D eigenvalue weighted by molar-refractivity contribution is -0.122. The second kappa shape index (κ2) is 8.03. The number of benzene rings is 1. The smallest absolute Gasteiger partial charge is 0.220 e. The van der Waals surface area contributed by atoms with E-state index in [-0.39, 0.29) is 11.9 Å². The lowest BCUT2D eigenvalue weighted by Gasteiger charge is -2.31. The number of rotatable bonds is 6. The Labute approximate surface area is 127 Å². The van der Waals surface area contributed by atoms with E-state index < -0.39 is 0 Å². The van der Waals surface area contributed by atoms with Crippen molar-refractivity contribution in [3.8, 4) is 5.75 Å². The Hall–Kier alpha value is -1.55. The zero-order valence-corrected chi connectivity index (χ0v) is 12.8. The number of para-hydroxylation sites is 1. The lowest BCUT2D eigenvalue weighted by atomic mass is 9.84. The Kier molecular flexibility index (Phi) is 6.05. The zero-order valence-electron chi connectivity index (χ0n) is 12.8. The predicted octanol–water partition coefficient (Wildman–Crippen LogP) is 2.26. The SMILES string of the molecule is COc1ccccc1CCC(=O)NC1CCCCC1CN. The molecule has 1 aromatic carbocycles. The number of nitrogens with one attached hydrogen (secondary N) is 1. The van der Waals surface area contributed by atoms with E-state index in [0.717, 1.165) is 24.2 Å². The van der Waals surface area contributed by atoms with Gasteiger partial charge in [0.25, 0.3) is 0 Å². The molecule has 4 nitrogen and oxygen atoms in total. The van der Waals surface area contributed by atoms with Gasteiger partial charge in [0.1, 0.15) is 5.75 Å². The van der Waals surface area contributed by atoms with Crippen molar-refractivity contribution >= 4 is 5.91 Å². The van der Waals surface area contributed by atoms with Gasteiger partial charge in [-0.15, -0.1) is 0 Å². The number of aryl methyl sites for hydroxylation is 1. The summed E-state index contributed by atoms with van der Waals surface area (Å²) in [5.41, 5.74) is 6.88. The largest absolute Gasteiger partial charge is 0.496 e. The summed E-state index contributed by atoms with van der Waals surface area (Å²) in [5, 5.41) is 3.17. The van der Waals surface area contributed by atoms with E-state index in [2.05, 4.69) is 5.32 Å². The fourth-order valence-electron chi connectivity index (χ4n) is 3.12. The number of hydrogen-bond donors (Lipinski definition) is 2. The second-order valence-electron chi connectivity index (χ2n) is 5.77. The van der Waals surface area contributed by atoms with Crippen molar-refractivity contribution in [1.29, 1.82) is 0 Å². The van der Waals surface area contributed by atoms with Crippen LogP contribution in [0, 0.1) is 5.92 Å². The molecule has 0 saturated heterocycles. The number of carbonyl (C=O) groups is 1. The summed E-state index contributed by atoms with van der Waals surface area (Å²) in [5.74, 6) is 1.41. The highest BCUT2D eigenvalue weighted by atomic mass is 16.5. The van der Waals surface area contributed by atoms with Crippen LogP contribution in [0.3, 0.4) is 0 Å². The molecule has 2 atom stereocenters. The fourth-order valence-corrected chi connectivity index (χ4v) is 3.12. The number of amides is 1. The van der Waals surface area contributed by atoms with E-state index >= 15 is 0 Å². The van der Waals surface area contributed by atoms with Crippen LogP contribution in [0.5, 0.6) is 5.75 Å². The molecule has 0 radical (unpaired) electrons. The van der Waals surface area contributed by atoms with Crippen molar-refractivity contribution in [2.45, 2.75) is 44.6 Å². The van der Waals surface area contributed by atoms with Crippen molar-refractivity contribution in [2.24, 2.45) is 11.7 Å². The molecular weight excluding hydrogens is 264 g/mol. The molecular formula is C17H26N2O2. The molecule has 0 spiro atoms. The average molecular weight is 290 g/mol. The molecule has 0 heterocycles. The Morgan fingerprint density at radius 1 is 1.33 bits per heavy atom. The van der Waals surface area contributed by atoms with E-state index in [9.17, 15) is 4.79 Å². The standard InChI is InChI=1S/C17H26N2O2/c1-21-16-9-5-3-6-13(16)10-11-17(20)19-15-8-4-2-7-14(15)12-18/h3,5-6,9,14-15H,2,4,7-8,10-12,18H2,1H3,(H,19,20). The highest BCUT2D eigenvalue weighted by molar-refractivity contribution is 5.76. The van der Waals surface area contributed by atoms with Crippen LogP contribution >= 0.6 is 0 Å². The maximum atomic E-state index is 12.2. The van der Waals surface area contributed by atoms with Gasteiger partial charge >= 0.3 is 0 Å². The Morgan fingerprint density at radius 2 is 2.10 bits per heavy atom. The number of hydrogen-bond acceptors (Lipinski definition) is 3. The number of methoxy groups -OCH3 is 1. The zero-order chi connectivity index (χ0) is 15.1. The third-order valence-electron chi connectivity index (χ3n) is 4.37. The monoisotopic (exact) mass is 290 g/mol. The van der Waals surface area contributed by atoms with E-state index in [4.69, 9.17) is 10.5 Å². The molecule has 2 rings (SSSR count). The van der Waals surface area contributed by atoms with Gasteiger partial charge in [0.15, 0.2) is 0 Å². The highest BCUT2D eigenvalue weighted by Crippen LogP contribution is 2.24. The molecule has 0 aromatic heterocycles. The number of carbonyl (C=O) groups excluding carboxylic acids is 1. The minimum Gasteiger partial charge on any atom is -0.496 e. The van der Waals surface area contributed by atoms with Gasteiger partial charge in [-0.2, -0.15) is 0 Å². The highest BCUT2D eigenvalue weighted by Gasteiger charge is 2.25. The van der Waals surface area contributed by atoms with Gasteiger partial charge in [-0.3, -0.25) is 4.79 Å². The first-order valence-corrected chi connectivity index (χ1v) is 7.86. The molecule has 3 N–H and O–H groups in total. The first kappa shape index (κ1) is 15.8. The predicted molar refractivity (Wildman–Crippen MR) is 84.3 cm³/mol. The summed E-state index contributed by atoms with van der Waals surface area (Å²) in [7, 11) is 1.66. The summed E-state index contributed by atoms with van der Waals surface area (Å²) in [4.78, 5) is 12.2. The van der Waals surface area contributed by atoms with Crippen molar-refractivity contribution in [3.63, 3.8) is 0 Å².